The van der Waals surface area contributed by atoms with E-state index in [9.17, 15) is 4.79 Å². The molecule has 0 aliphatic carbocycles. The zero-order chi connectivity index (χ0) is 24.8. The number of hydrogen-bond donors (Lipinski definition) is 0. The van der Waals surface area contributed by atoms with Crippen LogP contribution in [0, 0.1) is 0 Å². The molecule has 0 aliphatic heterocycles. The molecule has 0 aromatic heterocycles. The summed E-state index contributed by atoms with van der Waals surface area (Å²) in [6.45, 7) is 17.2. The second kappa shape index (κ2) is 11.5. The highest BCUT2D eigenvalue weighted by atomic mass is 79.9. The first kappa shape index (κ1) is 27.4. The summed E-state index contributed by atoms with van der Waals surface area (Å²) in [7, 11) is -2.05. The van der Waals surface area contributed by atoms with Crippen LogP contribution in [0.1, 0.15) is 58.8 Å². The molecular formula is C26H37BrO5Si. The Hall–Kier alpha value is -1.83. The fraction of sp³-hybridized carbons (Fsp3) is 0.500. The highest BCUT2D eigenvalue weighted by molar-refractivity contribution is 9.10. The van der Waals surface area contributed by atoms with Crippen LogP contribution in [-0.4, -0.2) is 27.0 Å². The van der Waals surface area contributed by atoms with E-state index in [0.717, 1.165) is 21.3 Å². The summed E-state index contributed by atoms with van der Waals surface area (Å²) in [5.41, 5.74) is 1.87. The molecule has 0 saturated heterocycles. The maximum atomic E-state index is 12.1. The van der Waals surface area contributed by atoms with Crippen molar-refractivity contribution in [3.8, 4) is 11.5 Å². The van der Waals surface area contributed by atoms with Crippen LogP contribution in [0.3, 0.4) is 0 Å². The van der Waals surface area contributed by atoms with Crippen LogP contribution in [0.2, 0.25) is 18.1 Å². The van der Waals surface area contributed by atoms with Gasteiger partial charge in [-0.3, -0.25) is 0 Å². The van der Waals surface area contributed by atoms with Crippen LogP contribution in [0.5, 0.6) is 11.5 Å². The lowest BCUT2D eigenvalue weighted by molar-refractivity contribution is -0.158. The number of halogens is 1. The van der Waals surface area contributed by atoms with Gasteiger partial charge in [-0.2, -0.15) is 0 Å². The molecule has 0 amide bonds. The summed E-state index contributed by atoms with van der Waals surface area (Å²) < 4.78 is 24.7. The Morgan fingerprint density at radius 3 is 2.30 bits per heavy atom. The van der Waals surface area contributed by atoms with Crippen LogP contribution >= 0.6 is 15.9 Å². The van der Waals surface area contributed by atoms with E-state index in [1.165, 1.54) is 0 Å². The first-order valence-corrected chi connectivity index (χ1v) is 15.1. The predicted molar refractivity (Wildman–Crippen MR) is 138 cm³/mol. The fourth-order valence-corrected chi connectivity index (χ4v) is 4.56. The summed E-state index contributed by atoms with van der Waals surface area (Å²) in [6, 6.07) is 13.9. The molecule has 0 radical (unpaired) electrons. The van der Waals surface area contributed by atoms with E-state index in [-0.39, 0.29) is 11.0 Å². The van der Waals surface area contributed by atoms with Crippen molar-refractivity contribution in [1.82, 2.24) is 0 Å². The van der Waals surface area contributed by atoms with E-state index in [1.54, 1.807) is 13.8 Å². The Kier molecular flexibility index (Phi) is 9.58. The molecule has 0 bridgehead atoms. The maximum absolute atomic E-state index is 12.1. The quantitative estimate of drug-likeness (QED) is 0.233. The monoisotopic (exact) mass is 536 g/mol. The molecule has 0 aliphatic rings. The van der Waals surface area contributed by atoms with E-state index in [2.05, 4.69) is 49.8 Å². The normalized spacial score (nSPS) is 13.8. The van der Waals surface area contributed by atoms with Gasteiger partial charge in [0.05, 0.1) is 17.2 Å². The van der Waals surface area contributed by atoms with Gasteiger partial charge in [-0.05, 0) is 72.5 Å². The molecule has 2 rings (SSSR count). The molecule has 0 saturated carbocycles. The Labute approximate surface area is 208 Å². The number of esters is 1. The van der Waals surface area contributed by atoms with E-state index in [4.69, 9.17) is 18.6 Å². The molecule has 182 valence electrons. The molecule has 5 nitrogen and oxygen atoms in total. The Morgan fingerprint density at radius 1 is 1.09 bits per heavy atom. The molecule has 0 N–H and O–H groups in total. The highest BCUT2D eigenvalue weighted by Gasteiger charge is 2.39. The second-order valence-corrected chi connectivity index (χ2v) is 15.2. The van der Waals surface area contributed by atoms with E-state index < -0.39 is 20.5 Å². The number of ether oxygens (including phenoxy) is 3. The maximum Gasteiger partial charge on any atom is 0.334 e. The van der Waals surface area contributed by atoms with Crippen molar-refractivity contribution in [1.29, 1.82) is 0 Å². The second-order valence-electron chi connectivity index (χ2n) is 9.63. The van der Waals surface area contributed by atoms with E-state index in [0.29, 0.717) is 19.0 Å². The largest absolute Gasteiger partial charge is 0.543 e. The highest BCUT2D eigenvalue weighted by Crippen LogP contribution is 2.42. The van der Waals surface area contributed by atoms with Gasteiger partial charge in [-0.25, -0.2) is 4.79 Å². The first-order valence-electron chi connectivity index (χ1n) is 11.4. The van der Waals surface area contributed by atoms with E-state index in [1.807, 2.05) is 49.4 Å². The molecule has 0 fully saturated rings. The molecule has 33 heavy (non-hydrogen) atoms. The zero-order valence-electron chi connectivity index (χ0n) is 21.0. The Morgan fingerprint density at radius 2 is 1.73 bits per heavy atom. The lowest BCUT2D eigenvalue weighted by atomic mass is 10.1. The number of carbonyl (C=O) groups excluding carboxylic acids is 1. The van der Waals surface area contributed by atoms with Crippen LogP contribution in [0.4, 0.5) is 0 Å². The van der Waals surface area contributed by atoms with Crippen molar-refractivity contribution in [2.24, 2.45) is 0 Å². The van der Waals surface area contributed by atoms with Gasteiger partial charge in [-0.15, -0.1) is 0 Å². The first-order chi connectivity index (χ1) is 15.4. The lowest BCUT2D eigenvalue weighted by Crippen LogP contribution is -2.43. The van der Waals surface area contributed by atoms with Crippen LogP contribution in [0.25, 0.3) is 0 Å². The van der Waals surface area contributed by atoms with Gasteiger partial charge in [0.25, 0.3) is 0 Å². The molecule has 1 unspecified atom stereocenters. The molecule has 2 aromatic carbocycles. The number of carbonyl (C=O) groups is 1. The number of rotatable bonds is 10. The molecule has 0 spiro atoms. The number of hydrogen-bond acceptors (Lipinski definition) is 5. The minimum absolute atomic E-state index is 0.0582. The summed E-state index contributed by atoms with van der Waals surface area (Å²) in [6.07, 6.45) is -1.12. The van der Waals surface area contributed by atoms with Gasteiger partial charge in [0.1, 0.15) is 18.1 Å². The SMILES string of the molecule is CCOC(=O)[C@H](C)OC(C)c1cc(O[Si](C)(C)C(C)(C)C)cc(Br)c1OCc1ccccc1. The predicted octanol–water partition coefficient (Wildman–Crippen LogP) is 7.44. The van der Waals surface area contributed by atoms with Gasteiger partial charge < -0.3 is 18.6 Å². The Balaban J connectivity index is 2.39. The molecule has 0 heterocycles. The van der Waals surface area contributed by atoms with Crippen LogP contribution in [-0.2, 0) is 20.9 Å². The van der Waals surface area contributed by atoms with Crippen molar-refractivity contribution in [3.63, 3.8) is 0 Å². The molecule has 2 aromatic rings. The molecule has 2 atom stereocenters. The average molecular weight is 538 g/mol. The third-order valence-corrected chi connectivity index (χ3v) is 10.9. The third kappa shape index (κ3) is 7.59. The van der Waals surface area contributed by atoms with Crippen molar-refractivity contribution in [2.45, 2.75) is 78.5 Å². The fourth-order valence-electron chi connectivity index (χ4n) is 2.97. The minimum Gasteiger partial charge on any atom is -0.543 e. The topological polar surface area (TPSA) is 54.0 Å². The van der Waals surface area contributed by atoms with Gasteiger partial charge in [-0.1, -0.05) is 51.1 Å². The standard InChI is InChI=1S/C26H37BrO5Si/c1-9-29-25(28)19(3)31-18(2)22-15-21(32-33(7,8)26(4,5)6)16-23(27)24(22)30-17-20-13-11-10-12-14-20/h10-16,18-19H,9,17H2,1-8H3/t18?,19-/m0/s1. The summed E-state index contributed by atoms with van der Waals surface area (Å²) in [5, 5.41) is 0.0582. The lowest BCUT2D eigenvalue weighted by Gasteiger charge is -2.36. The van der Waals surface area contributed by atoms with Crippen molar-refractivity contribution >= 4 is 30.2 Å². The van der Waals surface area contributed by atoms with Gasteiger partial charge >= 0.3 is 5.97 Å². The van der Waals surface area contributed by atoms with Gasteiger partial charge in [0.2, 0.25) is 8.32 Å². The van der Waals surface area contributed by atoms with Crippen LogP contribution < -0.4 is 9.16 Å². The van der Waals surface area contributed by atoms with Gasteiger partial charge in [0, 0.05) is 5.56 Å². The van der Waals surface area contributed by atoms with E-state index >= 15 is 0 Å². The third-order valence-electron chi connectivity index (χ3n) is 5.92. The smallest absolute Gasteiger partial charge is 0.334 e. The summed E-state index contributed by atoms with van der Waals surface area (Å²) in [5.74, 6) is 1.05. The van der Waals surface area contributed by atoms with Crippen molar-refractivity contribution in [3.05, 3.63) is 58.1 Å². The zero-order valence-corrected chi connectivity index (χ0v) is 23.6. The molecule has 7 heteroatoms. The average Bonchev–Trinajstić information content (AvgIpc) is 2.72. The van der Waals surface area contributed by atoms with Crippen LogP contribution in [0.15, 0.2) is 46.9 Å². The summed E-state index contributed by atoms with van der Waals surface area (Å²) >= 11 is 3.68. The summed E-state index contributed by atoms with van der Waals surface area (Å²) in [4.78, 5) is 12.1. The Bertz CT molecular complexity index is 924. The minimum atomic E-state index is -2.05. The van der Waals surface area contributed by atoms with Crippen molar-refractivity contribution in [2.75, 3.05) is 6.61 Å². The number of benzene rings is 2. The van der Waals surface area contributed by atoms with Gasteiger partial charge in [0.15, 0.2) is 6.10 Å². The molecular weight excluding hydrogens is 500 g/mol. The van der Waals surface area contributed by atoms with Crippen molar-refractivity contribution < 1.29 is 23.4 Å².